The molecule has 3 heterocycles. The van der Waals surface area contributed by atoms with Gasteiger partial charge < -0.3 is 0 Å². The molecular weight excluding hydrogens is 304 g/mol. The number of nitrogens with one attached hydrogen (secondary N) is 2. The van der Waals surface area contributed by atoms with Crippen LogP contribution in [0.5, 0.6) is 0 Å². The van der Waals surface area contributed by atoms with Crippen LogP contribution in [0, 0.1) is 6.92 Å². The van der Waals surface area contributed by atoms with E-state index in [1.165, 1.54) is 4.88 Å². The minimum atomic E-state index is -0.335. The Morgan fingerprint density at radius 3 is 3.05 bits per heavy atom. The van der Waals surface area contributed by atoms with Crippen molar-refractivity contribution in [3.05, 3.63) is 51.2 Å². The quantitative estimate of drug-likeness (QED) is 0.573. The highest BCUT2D eigenvalue weighted by molar-refractivity contribution is 7.13. The molecule has 0 spiro atoms. The van der Waals surface area contributed by atoms with Crippen LogP contribution in [0.15, 0.2) is 40.8 Å². The Balaban J connectivity index is 1.64. The molecule has 106 valence electrons. The zero-order chi connectivity index (χ0) is 14.7. The first kappa shape index (κ1) is 13.7. The van der Waals surface area contributed by atoms with E-state index in [0.717, 1.165) is 15.4 Å². The Morgan fingerprint density at radius 1 is 1.43 bits per heavy atom. The average molecular weight is 316 g/mol. The summed E-state index contributed by atoms with van der Waals surface area (Å²) in [4.78, 5) is 15.2. The van der Waals surface area contributed by atoms with Crippen molar-refractivity contribution in [2.75, 3.05) is 0 Å². The summed E-state index contributed by atoms with van der Waals surface area (Å²) in [5.74, 6) is -0.335. The number of hydrogen-bond donors (Lipinski definition) is 2. The van der Waals surface area contributed by atoms with Gasteiger partial charge in [0.2, 0.25) is 0 Å². The molecule has 0 aliphatic rings. The minimum absolute atomic E-state index is 0.318. The highest BCUT2D eigenvalue weighted by Crippen LogP contribution is 2.22. The number of amides is 1. The summed E-state index contributed by atoms with van der Waals surface area (Å²) in [7, 11) is 0. The summed E-state index contributed by atoms with van der Waals surface area (Å²) in [5.41, 5.74) is 3.62. The number of nitrogens with zero attached hydrogens (tertiary/aromatic N) is 2. The summed E-state index contributed by atoms with van der Waals surface area (Å²) in [6.45, 7) is 2.02. The number of H-pyrrole nitrogens is 1. The third kappa shape index (κ3) is 3.26. The maximum absolute atomic E-state index is 11.9. The predicted octanol–water partition coefficient (Wildman–Crippen LogP) is 3.27. The van der Waals surface area contributed by atoms with Crippen molar-refractivity contribution in [3.8, 4) is 10.6 Å². The van der Waals surface area contributed by atoms with Crippen molar-refractivity contribution >= 4 is 34.8 Å². The lowest BCUT2D eigenvalue weighted by Gasteiger charge is -1.93. The third-order valence-corrected chi connectivity index (χ3v) is 4.55. The van der Waals surface area contributed by atoms with E-state index < -0.39 is 0 Å². The average Bonchev–Trinajstić information content (AvgIpc) is 3.19. The Kier molecular flexibility index (Phi) is 3.94. The van der Waals surface area contributed by atoms with Crippen LogP contribution >= 0.6 is 22.7 Å². The van der Waals surface area contributed by atoms with Gasteiger partial charge in [-0.15, -0.1) is 22.7 Å². The highest BCUT2D eigenvalue weighted by atomic mass is 32.1. The lowest BCUT2D eigenvalue weighted by atomic mass is 10.3. The maximum atomic E-state index is 11.9. The van der Waals surface area contributed by atoms with Crippen molar-refractivity contribution < 1.29 is 4.79 Å². The number of carbonyl (C=O) groups excluding carboxylic acids is 1. The second kappa shape index (κ2) is 6.02. The van der Waals surface area contributed by atoms with Gasteiger partial charge in [0, 0.05) is 9.75 Å². The normalized spacial score (nSPS) is 11.1. The van der Waals surface area contributed by atoms with Crippen LogP contribution in [0.3, 0.4) is 0 Å². The number of aryl methyl sites for hydroxylation is 1. The topological polar surface area (TPSA) is 70.1 Å². The van der Waals surface area contributed by atoms with Gasteiger partial charge in [-0.25, -0.2) is 5.43 Å². The molecular formula is C14H12N4OS2. The lowest BCUT2D eigenvalue weighted by molar-refractivity contribution is 0.0950. The zero-order valence-corrected chi connectivity index (χ0v) is 12.8. The molecule has 3 aromatic rings. The van der Waals surface area contributed by atoms with Crippen LogP contribution in [-0.2, 0) is 0 Å². The second-order valence-corrected chi connectivity index (χ2v) is 6.56. The minimum Gasteiger partial charge on any atom is -0.276 e. The molecule has 2 N–H and O–H groups in total. The molecule has 7 heteroatoms. The van der Waals surface area contributed by atoms with Crippen LogP contribution in [-0.4, -0.2) is 22.3 Å². The van der Waals surface area contributed by atoms with E-state index in [2.05, 4.69) is 20.7 Å². The number of hydrogen-bond acceptors (Lipinski definition) is 5. The summed E-state index contributed by atoms with van der Waals surface area (Å²) >= 11 is 3.20. The first-order valence-electron chi connectivity index (χ1n) is 6.21. The van der Waals surface area contributed by atoms with Gasteiger partial charge in [-0.3, -0.25) is 9.89 Å². The van der Waals surface area contributed by atoms with Gasteiger partial charge in [-0.2, -0.15) is 10.2 Å². The van der Waals surface area contributed by atoms with E-state index >= 15 is 0 Å². The molecule has 21 heavy (non-hydrogen) atoms. The Labute approximate surface area is 129 Å². The molecule has 0 radical (unpaired) electrons. The smallest absolute Gasteiger partial charge is 0.276 e. The number of rotatable bonds is 4. The molecule has 0 bridgehead atoms. The fourth-order valence-corrected chi connectivity index (χ4v) is 3.17. The Bertz CT molecular complexity index is 771. The molecule has 0 aliphatic heterocycles. The molecule has 0 unspecified atom stereocenters. The van der Waals surface area contributed by atoms with Crippen molar-refractivity contribution in [2.45, 2.75) is 6.92 Å². The molecule has 3 aromatic heterocycles. The van der Waals surface area contributed by atoms with Crippen LogP contribution in [0.1, 0.15) is 20.2 Å². The Morgan fingerprint density at radius 2 is 2.33 bits per heavy atom. The molecule has 3 rings (SSSR count). The van der Waals surface area contributed by atoms with Gasteiger partial charge >= 0.3 is 0 Å². The van der Waals surface area contributed by atoms with E-state index in [4.69, 9.17) is 0 Å². The second-order valence-electron chi connectivity index (χ2n) is 4.29. The van der Waals surface area contributed by atoms with Crippen LogP contribution in [0.4, 0.5) is 0 Å². The largest absolute Gasteiger partial charge is 0.291 e. The summed E-state index contributed by atoms with van der Waals surface area (Å²) in [6.07, 6.45) is 1.63. The van der Waals surface area contributed by atoms with Gasteiger partial charge in [-0.05, 0) is 36.6 Å². The summed E-state index contributed by atoms with van der Waals surface area (Å²) in [6, 6.07) is 9.60. The van der Waals surface area contributed by atoms with E-state index in [1.807, 2.05) is 36.6 Å². The van der Waals surface area contributed by atoms with Crippen molar-refractivity contribution in [2.24, 2.45) is 5.10 Å². The van der Waals surface area contributed by atoms with Crippen LogP contribution in [0.25, 0.3) is 10.6 Å². The molecule has 0 aliphatic carbocycles. The first-order chi connectivity index (χ1) is 10.2. The SMILES string of the molecule is Cc1ccc(/C=N\NC(=O)c2cc(-c3cccs3)[nH]n2)s1. The summed E-state index contributed by atoms with van der Waals surface area (Å²) in [5, 5.41) is 12.8. The van der Waals surface area contributed by atoms with E-state index in [1.54, 1.807) is 35.0 Å². The van der Waals surface area contributed by atoms with Gasteiger partial charge in [0.25, 0.3) is 5.91 Å². The predicted molar refractivity (Wildman–Crippen MR) is 86.0 cm³/mol. The third-order valence-electron chi connectivity index (χ3n) is 2.72. The zero-order valence-electron chi connectivity index (χ0n) is 11.2. The fourth-order valence-electron chi connectivity index (χ4n) is 1.73. The number of carbonyl (C=O) groups is 1. The van der Waals surface area contributed by atoms with Crippen LogP contribution in [0.2, 0.25) is 0 Å². The molecule has 0 fully saturated rings. The van der Waals surface area contributed by atoms with Crippen molar-refractivity contribution in [1.82, 2.24) is 15.6 Å². The monoisotopic (exact) mass is 316 g/mol. The molecule has 1 amide bonds. The lowest BCUT2D eigenvalue weighted by Crippen LogP contribution is -2.17. The van der Waals surface area contributed by atoms with Gasteiger partial charge in [0.15, 0.2) is 5.69 Å². The first-order valence-corrected chi connectivity index (χ1v) is 7.91. The standard InChI is InChI=1S/C14H12N4OS2/c1-9-4-5-10(21-9)8-15-18-14(19)12-7-11(16-17-12)13-3-2-6-20-13/h2-8H,1H3,(H,16,17)(H,18,19)/b15-8-. The molecule has 5 nitrogen and oxygen atoms in total. The highest BCUT2D eigenvalue weighted by Gasteiger charge is 2.11. The van der Waals surface area contributed by atoms with Crippen LogP contribution < -0.4 is 5.43 Å². The number of thiophene rings is 2. The molecule has 0 saturated carbocycles. The molecule has 0 aromatic carbocycles. The summed E-state index contributed by atoms with van der Waals surface area (Å²) < 4.78 is 0. The van der Waals surface area contributed by atoms with Crippen molar-refractivity contribution in [3.63, 3.8) is 0 Å². The number of hydrazone groups is 1. The van der Waals surface area contributed by atoms with E-state index in [0.29, 0.717) is 5.69 Å². The van der Waals surface area contributed by atoms with E-state index in [9.17, 15) is 4.79 Å². The van der Waals surface area contributed by atoms with Crippen molar-refractivity contribution in [1.29, 1.82) is 0 Å². The van der Waals surface area contributed by atoms with Gasteiger partial charge in [-0.1, -0.05) is 6.07 Å². The fraction of sp³-hybridized carbons (Fsp3) is 0.0714. The number of aromatic amines is 1. The van der Waals surface area contributed by atoms with E-state index in [-0.39, 0.29) is 5.91 Å². The Hall–Kier alpha value is -2.25. The maximum Gasteiger partial charge on any atom is 0.291 e. The number of aromatic nitrogens is 2. The van der Waals surface area contributed by atoms with Gasteiger partial charge in [0.05, 0.1) is 16.8 Å². The molecule has 0 atom stereocenters. The molecule has 0 saturated heterocycles. The van der Waals surface area contributed by atoms with Gasteiger partial charge in [0.1, 0.15) is 0 Å².